The molecule has 0 amide bonds. The van der Waals surface area contributed by atoms with Gasteiger partial charge in [0.2, 0.25) is 0 Å². The van der Waals surface area contributed by atoms with E-state index < -0.39 is 6.04 Å². The maximum Gasteiger partial charge on any atom is 0.323 e. The Bertz CT molecular complexity index is 404. The number of nitrogens with two attached hydrogens (primary N) is 1. The highest BCUT2D eigenvalue weighted by Crippen LogP contribution is 2.26. The van der Waals surface area contributed by atoms with Crippen LogP contribution in [0.2, 0.25) is 0 Å². The molecular formula is C16H23NO2. The fraction of sp³-hybridized carbons (Fsp3) is 0.562. The van der Waals surface area contributed by atoms with E-state index in [1.807, 2.05) is 30.3 Å². The standard InChI is InChI=1S/C16H23NO2/c1-12-7-5-6-10-15(12)19-16(18)14(17)11-13-8-3-2-4-9-13/h2-4,8-9,12,14-15H,5-7,10-11,17H2,1H3. The highest BCUT2D eigenvalue weighted by Gasteiger charge is 2.27. The normalized spacial score (nSPS) is 24.7. The molecule has 3 unspecified atom stereocenters. The molecule has 3 atom stereocenters. The lowest BCUT2D eigenvalue weighted by Gasteiger charge is -2.29. The molecule has 3 heteroatoms. The highest BCUT2D eigenvalue weighted by molar-refractivity contribution is 5.76. The summed E-state index contributed by atoms with van der Waals surface area (Å²) in [5, 5.41) is 0. The van der Waals surface area contributed by atoms with Gasteiger partial charge in [0.25, 0.3) is 0 Å². The number of benzene rings is 1. The van der Waals surface area contributed by atoms with Crippen molar-refractivity contribution in [2.75, 3.05) is 0 Å². The summed E-state index contributed by atoms with van der Waals surface area (Å²) in [5.41, 5.74) is 7.01. The first-order chi connectivity index (χ1) is 9.16. The average Bonchev–Trinajstić information content (AvgIpc) is 2.42. The molecule has 1 saturated carbocycles. The number of carbonyl (C=O) groups is 1. The first kappa shape index (κ1) is 14.1. The predicted molar refractivity (Wildman–Crippen MR) is 75.6 cm³/mol. The van der Waals surface area contributed by atoms with Crippen molar-refractivity contribution in [1.82, 2.24) is 0 Å². The Balaban J connectivity index is 1.85. The second-order valence-corrected chi connectivity index (χ2v) is 5.53. The van der Waals surface area contributed by atoms with Crippen LogP contribution in [0.1, 0.15) is 38.2 Å². The molecule has 0 aromatic heterocycles. The van der Waals surface area contributed by atoms with Crippen LogP contribution in [0.5, 0.6) is 0 Å². The van der Waals surface area contributed by atoms with E-state index >= 15 is 0 Å². The maximum absolute atomic E-state index is 12.0. The third-order valence-electron chi connectivity index (χ3n) is 3.90. The van der Waals surface area contributed by atoms with Gasteiger partial charge < -0.3 is 10.5 Å². The summed E-state index contributed by atoms with van der Waals surface area (Å²) in [7, 11) is 0. The van der Waals surface area contributed by atoms with Crippen molar-refractivity contribution in [1.29, 1.82) is 0 Å². The molecule has 0 saturated heterocycles. The molecule has 1 aromatic rings. The van der Waals surface area contributed by atoms with Crippen molar-refractivity contribution >= 4 is 5.97 Å². The van der Waals surface area contributed by atoms with Crippen LogP contribution in [0, 0.1) is 5.92 Å². The van der Waals surface area contributed by atoms with E-state index in [1.165, 1.54) is 6.42 Å². The van der Waals surface area contributed by atoms with E-state index in [1.54, 1.807) is 0 Å². The molecule has 1 fully saturated rings. The van der Waals surface area contributed by atoms with Crippen LogP contribution in [-0.4, -0.2) is 18.1 Å². The molecule has 19 heavy (non-hydrogen) atoms. The summed E-state index contributed by atoms with van der Waals surface area (Å²) in [6.07, 6.45) is 5.11. The van der Waals surface area contributed by atoms with E-state index in [0.29, 0.717) is 12.3 Å². The van der Waals surface area contributed by atoms with Crippen LogP contribution in [0.25, 0.3) is 0 Å². The van der Waals surface area contributed by atoms with Crippen LogP contribution in [0.3, 0.4) is 0 Å². The Morgan fingerprint density at radius 2 is 2.00 bits per heavy atom. The minimum absolute atomic E-state index is 0.0584. The first-order valence-corrected chi connectivity index (χ1v) is 7.17. The van der Waals surface area contributed by atoms with E-state index in [9.17, 15) is 4.79 Å². The van der Waals surface area contributed by atoms with Crippen LogP contribution >= 0.6 is 0 Å². The summed E-state index contributed by atoms with van der Waals surface area (Å²) >= 11 is 0. The highest BCUT2D eigenvalue weighted by atomic mass is 16.5. The summed E-state index contributed by atoms with van der Waals surface area (Å²) in [6, 6.07) is 9.27. The SMILES string of the molecule is CC1CCCCC1OC(=O)C(N)Cc1ccccc1. The number of hydrogen-bond acceptors (Lipinski definition) is 3. The number of hydrogen-bond donors (Lipinski definition) is 1. The molecular weight excluding hydrogens is 238 g/mol. The second-order valence-electron chi connectivity index (χ2n) is 5.53. The molecule has 2 rings (SSSR count). The molecule has 0 radical (unpaired) electrons. The molecule has 3 nitrogen and oxygen atoms in total. The smallest absolute Gasteiger partial charge is 0.323 e. The third kappa shape index (κ3) is 4.06. The largest absolute Gasteiger partial charge is 0.461 e. The van der Waals surface area contributed by atoms with Gasteiger partial charge in [0, 0.05) is 0 Å². The number of rotatable bonds is 4. The van der Waals surface area contributed by atoms with Gasteiger partial charge in [-0.2, -0.15) is 0 Å². The van der Waals surface area contributed by atoms with Gasteiger partial charge in [0.1, 0.15) is 12.1 Å². The Hall–Kier alpha value is -1.35. The molecule has 104 valence electrons. The molecule has 1 aliphatic rings. The zero-order chi connectivity index (χ0) is 13.7. The number of esters is 1. The van der Waals surface area contributed by atoms with Gasteiger partial charge in [-0.1, -0.05) is 43.7 Å². The van der Waals surface area contributed by atoms with Crippen molar-refractivity contribution < 1.29 is 9.53 Å². The molecule has 1 aliphatic carbocycles. The fourth-order valence-electron chi connectivity index (χ4n) is 2.65. The molecule has 0 heterocycles. The molecule has 1 aromatic carbocycles. The van der Waals surface area contributed by atoms with Crippen molar-refractivity contribution in [2.24, 2.45) is 11.7 Å². The van der Waals surface area contributed by atoms with Crippen molar-refractivity contribution in [3.05, 3.63) is 35.9 Å². The topological polar surface area (TPSA) is 52.3 Å². The minimum Gasteiger partial charge on any atom is -0.461 e. The van der Waals surface area contributed by atoms with E-state index in [-0.39, 0.29) is 12.1 Å². The zero-order valence-electron chi connectivity index (χ0n) is 11.5. The van der Waals surface area contributed by atoms with Crippen LogP contribution in [0.4, 0.5) is 0 Å². The van der Waals surface area contributed by atoms with E-state index in [2.05, 4.69) is 6.92 Å². The monoisotopic (exact) mass is 261 g/mol. The lowest BCUT2D eigenvalue weighted by atomic mass is 9.88. The van der Waals surface area contributed by atoms with E-state index in [4.69, 9.17) is 10.5 Å². The van der Waals surface area contributed by atoms with Crippen LogP contribution in [-0.2, 0) is 16.0 Å². The van der Waals surface area contributed by atoms with Crippen LogP contribution < -0.4 is 5.73 Å². The first-order valence-electron chi connectivity index (χ1n) is 7.17. The Morgan fingerprint density at radius 3 is 2.68 bits per heavy atom. The van der Waals surface area contributed by atoms with Crippen molar-refractivity contribution in [3.63, 3.8) is 0 Å². The molecule has 0 spiro atoms. The molecule has 0 bridgehead atoms. The number of ether oxygens (including phenoxy) is 1. The number of carbonyl (C=O) groups excluding carboxylic acids is 1. The quantitative estimate of drug-likeness (QED) is 0.848. The van der Waals surface area contributed by atoms with Gasteiger partial charge in [-0.05, 0) is 37.2 Å². The van der Waals surface area contributed by atoms with Gasteiger partial charge in [-0.15, -0.1) is 0 Å². The predicted octanol–water partition coefficient (Wildman–Crippen LogP) is 2.68. The second kappa shape index (κ2) is 6.71. The van der Waals surface area contributed by atoms with Crippen molar-refractivity contribution in [2.45, 2.75) is 51.2 Å². The summed E-state index contributed by atoms with van der Waals surface area (Å²) < 4.78 is 5.57. The molecule has 2 N–H and O–H groups in total. The Morgan fingerprint density at radius 1 is 1.32 bits per heavy atom. The van der Waals surface area contributed by atoms with Gasteiger partial charge in [0.05, 0.1) is 0 Å². The van der Waals surface area contributed by atoms with Gasteiger partial charge >= 0.3 is 5.97 Å². The summed E-state index contributed by atoms with van der Waals surface area (Å²) in [6.45, 7) is 2.15. The summed E-state index contributed by atoms with van der Waals surface area (Å²) in [5.74, 6) is 0.198. The molecule has 0 aliphatic heterocycles. The van der Waals surface area contributed by atoms with Gasteiger partial charge in [0.15, 0.2) is 0 Å². The third-order valence-corrected chi connectivity index (χ3v) is 3.90. The minimum atomic E-state index is -0.559. The lowest BCUT2D eigenvalue weighted by Crippen LogP contribution is -2.39. The fourth-order valence-corrected chi connectivity index (χ4v) is 2.65. The Labute approximate surface area is 115 Å². The van der Waals surface area contributed by atoms with Gasteiger partial charge in [-0.25, -0.2) is 0 Å². The van der Waals surface area contributed by atoms with E-state index in [0.717, 1.165) is 24.8 Å². The summed E-state index contributed by atoms with van der Waals surface area (Å²) in [4.78, 5) is 12.0. The maximum atomic E-state index is 12.0. The lowest BCUT2D eigenvalue weighted by molar-refractivity contribution is -0.154. The van der Waals surface area contributed by atoms with Crippen molar-refractivity contribution in [3.8, 4) is 0 Å². The van der Waals surface area contributed by atoms with Crippen LogP contribution in [0.15, 0.2) is 30.3 Å². The zero-order valence-corrected chi connectivity index (χ0v) is 11.5. The Kier molecular flexibility index (Phi) is 4.97. The average molecular weight is 261 g/mol. The van der Waals surface area contributed by atoms with Gasteiger partial charge in [-0.3, -0.25) is 4.79 Å².